The summed E-state index contributed by atoms with van der Waals surface area (Å²) in [6, 6.07) is 14.5. The normalized spacial score (nSPS) is 11.2. The minimum absolute atomic E-state index is 0.209. The second kappa shape index (κ2) is 8.91. The summed E-state index contributed by atoms with van der Waals surface area (Å²) in [5.74, 6) is 1.47. The molecule has 1 N–H and O–H groups in total. The highest BCUT2D eigenvalue weighted by Crippen LogP contribution is 2.18. The van der Waals surface area contributed by atoms with Gasteiger partial charge in [0.15, 0.2) is 5.96 Å². The molecule has 128 valence electrons. The van der Waals surface area contributed by atoms with Crippen LogP contribution in [0.15, 0.2) is 53.5 Å². The van der Waals surface area contributed by atoms with E-state index in [1.807, 2.05) is 36.2 Å². The van der Waals surface area contributed by atoms with Gasteiger partial charge in [0, 0.05) is 32.7 Å². The predicted molar refractivity (Wildman–Crippen MR) is 95.9 cm³/mol. The van der Waals surface area contributed by atoms with Gasteiger partial charge in [-0.25, -0.2) is 4.39 Å². The highest BCUT2D eigenvalue weighted by Gasteiger charge is 2.09. The Morgan fingerprint density at radius 2 is 1.88 bits per heavy atom. The predicted octanol–water partition coefficient (Wildman–Crippen LogP) is 3.08. The molecule has 4 nitrogen and oxygen atoms in total. The Bertz CT molecular complexity index is 671. The van der Waals surface area contributed by atoms with Crippen molar-refractivity contribution in [3.63, 3.8) is 0 Å². The summed E-state index contributed by atoms with van der Waals surface area (Å²) in [7, 11) is 5.42. The van der Waals surface area contributed by atoms with Gasteiger partial charge in [0.2, 0.25) is 0 Å². The van der Waals surface area contributed by atoms with E-state index in [4.69, 9.17) is 4.74 Å². The second-order valence-corrected chi connectivity index (χ2v) is 5.52. The number of benzene rings is 2. The Morgan fingerprint density at radius 1 is 1.17 bits per heavy atom. The number of nitrogens with one attached hydrogen (secondary N) is 1. The molecule has 2 rings (SSSR count). The van der Waals surface area contributed by atoms with Gasteiger partial charge < -0.3 is 15.0 Å². The lowest BCUT2D eigenvalue weighted by Crippen LogP contribution is -2.39. The Hall–Kier alpha value is -2.56. The molecule has 0 heterocycles. The van der Waals surface area contributed by atoms with Gasteiger partial charge >= 0.3 is 0 Å². The molecule has 0 saturated carbocycles. The maximum Gasteiger partial charge on any atom is 0.193 e. The standard InChI is InChI=1S/C19H24FN3O/c1-21-19(22-13-12-15-8-10-17(20)11-9-15)23(2)14-16-6-4-5-7-18(16)24-3/h4-11H,12-14H2,1-3H3,(H,21,22). The van der Waals surface area contributed by atoms with E-state index in [1.54, 1.807) is 26.3 Å². The fourth-order valence-corrected chi connectivity index (χ4v) is 2.52. The third kappa shape index (κ3) is 4.98. The van der Waals surface area contributed by atoms with Crippen molar-refractivity contribution < 1.29 is 9.13 Å². The number of methoxy groups -OCH3 is 1. The topological polar surface area (TPSA) is 36.9 Å². The second-order valence-electron chi connectivity index (χ2n) is 5.52. The van der Waals surface area contributed by atoms with Gasteiger partial charge in [-0.3, -0.25) is 4.99 Å². The number of halogens is 1. The molecule has 0 amide bonds. The first-order valence-corrected chi connectivity index (χ1v) is 7.92. The monoisotopic (exact) mass is 329 g/mol. The van der Waals surface area contributed by atoms with Crippen LogP contribution < -0.4 is 10.1 Å². The smallest absolute Gasteiger partial charge is 0.193 e. The molecule has 0 aliphatic heterocycles. The number of hydrogen-bond donors (Lipinski definition) is 1. The first-order chi connectivity index (χ1) is 11.6. The van der Waals surface area contributed by atoms with Gasteiger partial charge in [0.25, 0.3) is 0 Å². The molecule has 5 heteroatoms. The summed E-state index contributed by atoms with van der Waals surface area (Å²) < 4.78 is 18.3. The quantitative estimate of drug-likeness (QED) is 0.654. The van der Waals surface area contributed by atoms with Crippen molar-refractivity contribution in [2.75, 3.05) is 27.7 Å². The van der Waals surface area contributed by atoms with Gasteiger partial charge in [0.1, 0.15) is 11.6 Å². The van der Waals surface area contributed by atoms with E-state index < -0.39 is 0 Å². The minimum Gasteiger partial charge on any atom is -0.496 e. The lowest BCUT2D eigenvalue weighted by molar-refractivity contribution is 0.396. The van der Waals surface area contributed by atoms with E-state index in [-0.39, 0.29) is 5.82 Å². The van der Waals surface area contributed by atoms with E-state index in [9.17, 15) is 4.39 Å². The van der Waals surface area contributed by atoms with Crippen LogP contribution in [0.4, 0.5) is 4.39 Å². The first-order valence-electron chi connectivity index (χ1n) is 7.92. The molecule has 0 aromatic heterocycles. The van der Waals surface area contributed by atoms with Crippen LogP contribution >= 0.6 is 0 Å². The summed E-state index contributed by atoms with van der Waals surface area (Å²) in [4.78, 5) is 6.36. The fourth-order valence-electron chi connectivity index (χ4n) is 2.52. The Kier molecular flexibility index (Phi) is 6.61. The van der Waals surface area contributed by atoms with Crippen molar-refractivity contribution in [1.29, 1.82) is 0 Å². The van der Waals surface area contributed by atoms with E-state index in [1.165, 1.54) is 12.1 Å². The number of nitrogens with zero attached hydrogens (tertiary/aromatic N) is 2. The maximum absolute atomic E-state index is 12.9. The Labute approximate surface area is 143 Å². The van der Waals surface area contributed by atoms with Crippen molar-refractivity contribution in [2.45, 2.75) is 13.0 Å². The van der Waals surface area contributed by atoms with E-state index in [0.717, 1.165) is 35.8 Å². The highest BCUT2D eigenvalue weighted by molar-refractivity contribution is 5.79. The number of ether oxygens (including phenoxy) is 1. The number of rotatable bonds is 6. The molecule has 0 aliphatic carbocycles. The molecule has 24 heavy (non-hydrogen) atoms. The molecular formula is C19H24FN3O. The van der Waals surface area contributed by atoms with Crippen LogP contribution in [0.5, 0.6) is 5.75 Å². The minimum atomic E-state index is -0.209. The summed E-state index contributed by atoms with van der Waals surface area (Å²) >= 11 is 0. The third-order valence-electron chi connectivity index (χ3n) is 3.78. The van der Waals surface area contributed by atoms with Crippen molar-refractivity contribution in [3.05, 3.63) is 65.5 Å². The van der Waals surface area contributed by atoms with Crippen LogP contribution in [0, 0.1) is 5.82 Å². The molecule has 2 aromatic rings. The molecule has 0 fully saturated rings. The SMILES string of the molecule is CN=C(NCCc1ccc(F)cc1)N(C)Cc1ccccc1OC. The van der Waals surface area contributed by atoms with Crippen LogP contribution in [0.2, 0.25) is 0 Å². The van der Waals surface area contributed by atoms with Crippen molar-refractivity contribution in [2.24, 2.45) is 4.99 Å². The molecule has 0 atom stereocenters. The number of para-hydroxylation sites is 1. The zero-order valence-electron chi connectivity index (χ0n) is 14.4. The average Bonchev–Trinajstić information content (AvgIpc) is 2.60. The van der Waals surface area contributed by atoms with E-state index in [0.29, 0.717) is 6.54 Å². The molecule has 0 spiro atoms. The van der Waals surface area contributed by atoms with Gasteiger partial charge in [-0.2, -0.15) is 0 Å². The molecular weight excluding hydrogens is 305 g/mol. The molecule has 0 aliphatic rings. The zero-order chi connectivity index (χ0) is 17.4. The van der Waals surface area contributed by atoms with E-state index in [2.05, 4.69) is 10.3 Å². The van der Waals surface area contributed by atoms with Crippen molar-refractivity contribution in [3.8, 4) is 5.75 Å². The first kappa shape index (κ1) is 17.8. The fraction of sp³-hybridized carbons (Fsp3) is 0.316. The Balaban J connectivity index is 1.89. The summed E-state index contributed by atoms with van der Waals surface area (Å²) in [5, 5.41) is 3.33. The van der Waals surface area contributed by atoms with Crippen molar-refractivity contribution >= 4 is 5.96 Å². The number of guanidine groups is 1. The highest BCUT2D eigenvalue weighted by atomic mass is 19.1. The molecule has 0 radical (unpaired) electrons. The zero-order valence-corrected chi connectivity index (χ0v) is 14.4. The third-order valence-corrected chi connectivity index (χ3v) is 3.78. The number of aliphatic imine (C=N–C) groups is 1. The molecule has 0 saturated heterocycles. The largest absolute Gasteiger partial charge is 0.496 e. The van der Waals surface area contributed by atoms with Crippen LogP contribution in [-0.4, -0.2) is 38.6 Å². The average molecular weight is 329 g/mol. The summed E-state index contributed by atoms with van der Waals surface area (Å²) in [5.41, 5.74) is 2.19. The summed E-state index contributed by atoms with van der Waals surface area (Å²) in [6.45, 7) is 1.43. The molecule has 2 aromatic carbocycles. The Morgan fingerprint density at radius 3 is 2.54 bits per heavy atom. The molecule has 0 unspecified atom stereocenters. The van der Waals surface area contributed by atoms with E-state index >= 15 is 0 Å². The van der Waals surface area contributed by atoms with Gasteiger partial charge in [-0.15, -0.1) is 0 Å². The van der Waals surface area contributed by atoms with Crippen LogP contribution in [0.1, 0.15) is 11.1 Å². The van der Waals surface area contributed by atoms with Gasteiger partial charge in [-0.1, -0.05) is 30.3 Å². The van der Waals surface area contributed by atoms with Crippen molar-refractivity contribution in [1.82, 2.24) is 10.2 Å². The van der Waals surface area contributed by atoms with Crippen LogP contribution in [0.3, 0.4) is 0 Å². The van der Waals surface area contributed by atoms with Crippen LogP contribution in [-0.2, 0) is 13.0 Å². The van der Waals surface area contributed by atoms with Crippen LogP contribution in [0.25, 0.3) is 0 Å². The lowest BCUT2D eigenvalue weighted by atomic mass is 10.1. The maximum atomic E-state index is 12.9. The lowest BCUT2D eigenvalue weighted by Gasteiger charge is -2.23. The molecule has 0 bridgehead atoms. The number of hydrogen-bond acceptors (Lipinski definition) is 2. The summed E-state index contributed by atoms with van der Waals surface area (Å²) in [6.07, 6.45) is 0.807. The van der Waals surface area contributed by atoms with Gasteiger partial charge in [-0.05, 0) is 30.2 Å². The van der Waals surface area contributed by atoms with Gasteiger partial charge in [0.05, 0.1) is 7.11 Å².